The summed E-state index contributed by atoms with van der Waals surface area (Å²) in [4.78, 5) is 9.66. The second-order valence-corrected chi connectivity index (χ2v) is 10.6. The molecular formula is C22H41N2O5P. The highest BCUT2D eigenvalue weighted by atomic mass is 31.2. The minimum Gasteiger partial charge on any atom is -0.480 e. The Labute approximate surface area is 182 Å². The monoisotopic (exact) mass is 444 g/mol. The van der Waals surface area contributed by atoms with Crippen LogP contribution in [0.5, 0.6) is 0 Å². The molecule has 7 nitrogen and oxygen atoms in total. The minimum atomic E-state index is -3.47. The molecule has 1 rings (SSSR count). The molecule has 1 aliphatic rings. The Morgan fingerprint density at radius 3 is 1.93 bits per heavy atom. The molecule has 0 aromatic carbocycles. The number of ether oxygens (including phenoxy) is 2. The van der Waals surface area contributed by atoms with Crippen LogP contribution >= 0.6 is 7.60 Å². The van der Waals surface area contributed by atoms with E-state index in [-0.39, 0.29) is 17.4 Å². The first-order valence-corrected chi connectivity index (χ1v) is 12.6. The fourth-order valence-corrected chi connectivity index (χ4v) is 5.20. The van der Waals surface area contributed by atoms with Gasteiger partial charge in [-0.15, -0.1) is 0 Å². The maximum Gasteiger partial charge on any atom is 0.357 e. The van der Waals surface area contributed by atoms with Crippen LogP contribution in [0.4, 0.5) is 0 Å². The summed E-state index contributed by atoms with van der Waals surface area (Å²) in [5.41, 5.74) is -0.219. The smallest absolute Gasteiger partial charge is 0.357 e. The van der Waals surface area contributed by atoms with E-state index in [1.54, 1.807) is 0 Å². The second kappa shape index (κ2) is 12.0. The van der Waals surface area contributed by atoms with Gasteiger partial charge >= 0.3 is 7.60 Å². The molecule has 0 fully saturated rings. The van der Waals surface area contributed by atoms with Gasteiger partial charge in [-0.1, -0.05) is 40.7 Å². The molecule has 0 saturated carbocycles. The summed E-state index contributed by atoms with van der Waals surface area (Å²) in [6.45, 7) is 19.4. The van der Waals surface area contributed by atoms with Crippen LogP contribution in [0.2, 0.25) is 0 Å². The number of hydrogen-bond donors (Lipinski definition) is 0. The highest BCUT2D eigenvalue weighted by Gasteiger charge is 2.37. The summed E-state index contributed by atoms with van der Waals surface area (Å²) < 4.78 is 36.6. The Balaban J connectivity index is 3.44. The van der Waals surface area contributed by atoms with Gasteiger partial charge in [-0.05, 0) is 39.0 Å². The van der Waals surface area contributed by atoms with Gasteiger partial charge in [0.05, 0.1) is 26.4 Å². The first-order valence-electron chi connectivity index (χ1n) is 11.0. The van der Waals surface area contributed by atoms with Crippen molar-refractivity contribution in [3.8, 4) is 0 Å². The Bertz CT molecular complexity index is 670. The zero-order valence-electron chi connectivity index (χ0n) is 20.2. The van der Waals surface area contributed by atoms with Crippen LogP contribution in [-0.4, -0.2) is 50.3 Å². The fourth-order valence-electron chi connectivity index (χ4n) is 3.17. The predicted molar refractivity (Wildman–Crippen MR) is 124 cm³/mol. The van der Waals surface area contributed by atoms with Crippen molar-refractivity contribution < 1.29 is 23.1 Å². The number of hydrogen-bond acceptors (Lipinski definition) is 7. The van der Waals surface area contributed by atoms with Crippen molar-refractivity contribution in [2.24, 2.45) is 21.3 Å². The van der Waals surface area contributed by atoms with Crippen LogP contribution in [0.15, 0.2) is 21.4 Å². The highest BCUT2D eigenvalue weighted by molar-refractivity contribution is 7.58. The van der Waals surface area contributed by atoms with Gasteiger partial charge in [-0.2, -0.15) is 0 Å². The van der Waals surface area contributed by atoms with Gasteiger partial charge < -0.3 is 18.5 Å². The van der Waals surface area contributed by atoms with E-state index in [9.17, 15) is 4.57 Å². The van der Waals surface area contributed by atoms with Gasteiger partial charge in [0, 0.05) is 11.7 Å². The van der Waals surface area contributed by atoms with Crippen LogP contribution in [-0.2, 0) is 23.1 Å². The maximum absolute atomic E-state index is 13.6. The second-order valence-electron chi connectivity index (χ2n) is 8.54. The normalized spacial score (nSPS) is 20.8. The lowest BCUT2D eigenvalue weighted by Gasteiger charge is -2.30. The molecular weight excluding hydrogens is 403 g/mol. The molecule has 30 heavy (non-hydrogen) atoms. The van der Waals surface area contributed by atoms with Crippen LogP contribution in [0, 0.1) is 11.3 Å². The van der Waals surface area contributed by atoms with E-state index >= 15 is 0 Å². The van der Waals surface area contributed by atoms with E-state index in [4.69, 9.17) is 28.5 Å². The van der Waals surface area contributed by atoms with E-state index in [2.05, 4.69) is 34.6 Å². The number of rotatable bonds is 10. The van der Waals surface area contributed by atoms with Crippen molar-refractivity contribution in [2.45, 2.75) is 80.8 Å². The summed E-state index contributed by atoms with van der Waals surface area (Å²) in [6, 6.07) is -0.632. The van der Waals surface area contributed by atoms with Gasteiger partial charge in [0.1, 0.15) is 12.1 Å². The van der Waals surface area contributed by atoms with Crippen LogP contribution in [0.3, 0.4) is 0 Å². The summed E-state index contributed by atoms with van der Waals surface area (Å²) in [7, 11) is -3.47. The third-order valence-electron chi connectivity index (χ3n) is 4.26. The minimum absolute atomic E-state index is 0.191. The molecule has 1 aliphatic heterocycles. The Hall–Kier alpha value is -1.17. The fraction of sp³-hybridized carbons (Fsp3) is 0.818. The lowest BCUT2D eigenvalue weighted by atomic mass is 9.95. The van der Waals surface area contributed by atoms with Gasteiger partial charge in [0.2, 0.25) is 11.8 Å². The van der Waals surface area contributed by atoms with Crippen molar-refractivity contribution in [3.63, 3.8) is 0 Å². The average Bonchev–Trinajstić information content (AvgIpc) is 2.62. The largest absolute Gasteiger partial charge is 0.480 e. The van der Waals surface area contributed by atoms with Crippen molar-refractivity contribution in [1.82, 2.24) is 0 Å². The van der Waals surface area contributed by atoms with E-state index < -0.39 is 13.6 Å². The Kier molecular flexibility index (Phi) is 10.8. The van der Waals surface area contributed by atoms with E-state index in [0.29, 0.717) is 50.0 Å². The molecule has 8 heteroatoms. The molecule has 0 saturated heterocycles. The Morgan fingerprint density at radius 1 is 0.967 bits per heavy atom. The highest BCUT2D eigenvalue weighted by Crippen LogP contribution is 2.58. The van der Waals surface area contributed by atoms with E-state index in [0.717, 1.165) is 0 Å². The molecule has 0 unspecified atom stereocenters. The van der Waals surface area contributed by atoms with E-state index in [1.807, 2.05) is 33.8 Å². The Morgan fingerprint density at radius 2 is 1.50 bits per heavy atom. The molecule has 0 radical (unpaired) electrons. The van der Waals surface area contributed by atoms with Crippen LogP contribution < -0.4 is 0 Å². The van der Waals surface area contributed by atoms with Gasteiger partial charge in [-0.3, -0.25) is 4.57 Å². The van der Waals surface area contributed by atoms with Crippen molar-refractivity contribution >= 4 is 19.4 Å². The molecule has 0 spiro atoms. The van der Waals surface area contributed by atoms with Gasteiger partial charge in [0.15, 0.2) is 0 Å². The number of allylic oxidation sites excluding steroid dienone is 1. The molecule has 0 N–H and O–H groups in total. The van der Waals surface area contributed by atoms with Crippen molar-refractivity contribution in [2.75, 3.05) is 26.4 Å². The first-order chi connectivity index (χ1) is 14.0. The maximum atomic E-state index is 13.6. The van der Waals surface area contributed by atoms with Gasteiger partial charge in [0.25, 0.3) is 0 Å². The third-order valence-corrected chi connectivity index (χ3v) is 6.47. The topological polar surface area (TPSA) is 78.7 Å². The van der Waals surface area contributed by atoms with E-state index in [1.165, 1.54) is 0 Å². The molecule has 0 aromatic rings. The molecule has 174 valence electrons. The quantitative estimate of drug-likeness (QED) is 0.395. The first kappa shape index (κ1) is 26.9. The number of aliphatic imine (C=N–C) groups is 2. The molecule has 1 heterocycles. The zero-order valence-corrected chi connectivity index (χ0v) is 21.1. The summed E-state index contributed by atoms with van der Waals surface area (Å²) in [5.74, 6) is 1.35. The summed E-state index contributed by atoms with van der Waals surface area (Å²) in [5, 5.41) is 0.596. The summed E-state index contributed by atoms with van der Waals surface area (Å²) >= 11 is 0. The van der Waals surface area contributed by atoms with Crippen molar-refractivity contribution in [1.29, 1.82) is 0 Å². The lowest BCUT2D eigenvalue weighted by molar-refractivity contribution is 0.224. The predicted octanol–water partition coefficient (Wildman–Crippen LogP) is 5.85. The molecule has 0 amide bonds. The lowest BCUT2D eigenvalue weighted by Crippen LogP contribution is -2.38. The van der Waals surface area contributed by atoms with Gasteiger partial charge in [-0.25, -0.2) is 9.98 Å². The van der Waals surface area contributed by atoms with Crippen molar-refractivity contribution in [3.05, 3.63) is 11.4 Å². The average molecular weight is 445 g/mol. The zero-order chi connectivity index (χ0) is 22.9. The molecule has 0 aromatic heterocycles. The van der Waals surface area contributed by atoms with Crippen LogP contribution in [0.25, 0.3) is 0 Å². The third kappa shape index (κ3) is 7.82. The molecule has 2 atom stereocenters. The number of nitrogens with zero attached hydrogens (tertiary/aromatic N) is 2. The molecule has 0 bridgehead atoms. The molecule has 0 aliphatic carbocycles. The standard InChI is InChI=1S/C22H41N2O5P/c1-10-26-20-18(23-21(27-11-2)19(24-20)16(5)6)14-17(15-22(7,8)9)30(25,28-12-3)29-13-4/h15-16,18-19H,10-14H2,1-9H3/b17-15-/t18-,19+/m0/s1. The SMILES string of the molecule is CCOC1=N[C@H](C(C)C)C(OCC)=N[C@H]1C/C(=C/C(C)(C)C)P(=O)(OCC)OCC. The van der Waals surface area contributed by atoms with Crippen LogP contribution in [0.1, 0.15) is 68.7 Å². The summed E-state index contributed by atoms with van der Waals surface area (Å²) in [6.07, 6.45) is 2.29.